The first-order valence-electron chi connectivity index (χ1n) is 9.83. The third-order valence-corrected chi connectivity index (χ3v) is 6.19. The van der Waals surface area contributed by atoms with E-state index >= 15 is 0 Å². The minimum absolute atomic E-state index is 0.0438. The van der Waals surface area contributed by atoms with Crippen LogP contribution in [0.15, 0.2) is 24.3 Å². The molecular weight excluding hydrogens is 331 g/mol. The number of ether oxygens (including phenoxy) is 1. The van der Waals surface area contributed by atoms with Gasteiger partial charge in [-0.3, -0.25) is 4.79 Å². The van der Waals surface area contributed by atoms with Crippen LogP contribution in [0.1, 0.15) is 51.5 Å². The molecule has 5 heteroatoms. The van der Waals surface area contributed by atoms with Gasteiger partial charge in [-0.1, -0.05) is 25.0 Å². The van der Waals surface area contributed by atoms with E-state index < -0.39 is 0 Å². The highest BCUT2D eigenvalue weighted by atomic mass is 19.1. The van der Waals surface area contributed by atoms with Gasteiger partial charge in [-0.15, -0.1) is 0 Å². The highest BCUT2D eigenvalue weighted by Gasteiger charge is 2.56. The van der Waals surface area contributed by atoms with Crippen molar-refractivity contribution in [3.8, 4) is 0 Å². The molecule has 26 heavy (non-hydrogen) atoms. The minimum atomic E-state index is -0.269. The maximum absolute atomic E-state index is 13.3. The molecule has 0 saturated heterocycles. The average molecular weight is 362 g/mol. The maximum atomic E-state index is 13.3. The van der Waals surface area contributed by atoms with Gasteiger partial charge >= 0.3 is 0 Å². The van der Waals surface area contributed by atoms with Crippen molar-refractivity contribution >= 4 is 5.91 Å². The number of nitrogens with zero attached hydrogens (tertiary/aromatic N) is 1. The number of carbonyl (C=O) groups excluding carboxylic acids is 1. The van der Waals surface area contributed by atoms with Gasteiger partial charge in [0.2, 0.25) is 5.91 Å². The lowest BCUT2D eigenvalue weighted by Gasteiger charge is -2.55. The van der Waals surface area contributed by atoms with Crippen LogP contribution in [0.2, 0.25) is 0 Å². The zero-order chi connectivity index (χ0) is 18.7. The zero-order valence-electron chi connectivity index (χ0n) is 16.1. The largest absolute Gasteiger partial charge is 0.378 e. The molecule has 2 aliphatic rings. The van der Waals surface area contributed by atoms with Crippen LogP contribution in [0.3, 0.4) is 0 Å². The Bertz CT molecular complexity index is 630. The van der Waals surface area contributed by atoms with Gasteiger partial charge in [0.1, 0.15) is 5.82 Å². The molecule has 1 amide bonds. The first kappa shape index (κ1) is 19.3. The molecule has 2 fully saturated rings. The Morgan fingerprint density at radius 2 is 2.15 bits per heavy atom. The summed E-state index contributed by atoms with van der Waals surface area (Å²) in [7, 11) is 1.78. The van der Waals surface area contributed by atoms with Crippen molar-refractivity contribution in [2.24, 2.45) is 5.41 Å². The first-order valence-corrected chi connectivity index (χ1v) is 9.83. The number of likely N-dealkylation sites (N-methyl/N-ethyl adjacent to an activating group) is 1. The first-order chi connectivity index (χ1) is 12.5. The monoisotopic (exact) mass is 362 g/mol. The van der Waals surface area contributed by atoms with Crippen LogP contribution < -0.4 is 5.32 Å². The van der Waals surface area contributed by atoms with Gasteiger partial charge in [-0.2, -0.15) is 0 Å². The summed E-state index contributed by atoms with van der Waals surface area (Å²) in [5, 5.41) is 3.57. The van der Waals surface area contributed by atoms with Crippen LogP contribution in [0.25, 0.3) is 0 Å². The molecule has 2 aliphatic carbocycles. The van der Waals surface area contributed by atoms with Gasteiger partial charge in [0.15, 0.2) is 0 Å². The van der Waals surface area contributed by atoms with E-state index in [2.05, 4.69) is 12.2 Å². The molecule has 4 nitrogen and oxygen atoms in total. The van der Waals surface area contributed by atoms with Crippen molar-refractivity contribution in [1.29, 1.82) is 0 Å². The second kappa shape index (κ2) is 8.05. The van der Waals surface area contributed by atoms with Crippen molar-refractivity contribution < 1.29 is 13.9 Å². The fourth-order valence-corrected chi connectivity index (χ4v) is 4.81. The molecule has 0 bridgehead atoms. The predicted octanol–water partition coefficient (Wildman–Crippen LogP) is 3.50. The Morgan fingerprint density at radius 1 is 1.42 bits per heavy atom. The summed E-state index contributed by atoms with van der Waals surface area (Å²) in [6, 6.07) is 6.52. The number of nitrogens with one attached hydrogen (secondary N) is 1. The fourth-order valence-electron chi connectivity index (χ4n) is 4.81. The number of hydrogen-bond donors (Lipinski definition) is 1. The van der Waals surface area contributed by atoms with Gasteiger partial charge in [-0.25, -0.2) is 4.39 Å². The number of amides is 1. The standard InChI is InChI=1S/C21H31FN2O2/c1-4-26-19-13-18(21(19)10-5-6-11-21)23-15(2)20(25)24(3)14-16-8-7-9-17(22)12-16/h7-9,12,15,18-19,23H,4-6,10-11,13-14H2,1-3H3/t15-,18-,19-/m1/s1. The number of rotatable bonds is 7. The van der Waals surface area contributed by atoms with Crippen molar-refractivity contribution in [2.75, 3.05) is 13.7 Å². The number of carbonyl (C=O) groups is 1. The second-order valence-corrected chi connectivity index (χ2v) is 7.89. The predicted molar refractivity (Wildman–Crippen MR) is 100 cm³/mol. The summed E-state index contributed by atoms with van der Waals surface area (Å²) in [6.45, 7) is 5.15. The summed E-state index contributed by atoms with van der Waals surface area (Å²) in [5.74, 6) is -0.226. The molecule has 1 spiro atoms. The van der Waals surface area contributed by atoms with Gasteiger partial charge in [-0.05, 0) is 50.8 Å². The van der Waals surface area contributed by atoms with E-state index in [1.165, 1.54) is 37.8 Å². The van der Waals surface area contributed by atoms with Gasteiger partial charge < -0.3 is 15.0 Å². The van der Waals surface area contributed by atoms with Gasteiger partial charge in [0.05, 0.1) is 12.1 Å². The van der Waals surface area contributed by atoms with Crippen LogP contribution >= 0.6 is 0 Å². The summed E-state index contributed by atoms with van der Waals surface area (Å²) in [4.78, 5) is 14.4. The number of benzene rings is 1. The third-order valence-electron chi connectivity index (χ3n) is 6.19. The molecule has 1 aromatic carbocycles. The SMILES string of the molecule is CCO[C@@H]1C[C@@H](N[C@H](C)C(=O)N(C)Cc2cccc(F)c2)C12CCCC2. The van der Waals surface area contributed by atoms with E-state index in [4.69, 9.17) is 4.74 Å². The minimum Gasteiger partial charge on any atom is -0.378 e. The topological polar surface area (TPSA) is 41.6 Å². The van der Waals surface area contributed by atoms with Crippen LogP contribution in [-0.4, -0.2) is 42.6 Å². The van der Waals surface area contributed by atoms with E-state index in [0.29, 0.717) is 18.7 Å². The molecular formula is C21H31FN2O2. The second-order valence-electron chi connectivity index (χ2n) is 7.89. The van der Waals surface area contributed by atoms with E-state index in [9.17, 15) is 9.18 Å². The molecule has 1 aromatic rings. The summed E-state index contributed by atoms with van der Waals surface area (Å²) >= 11 is 0. The van der Waals surface area contributed by atoms with Gasteiger partial charge in [0, 0.05) is 31.7 Å². The lowest BCUT2D eigenvalue weighted by atomic mass is 9.60. The number of hydrogen-bond acceptors (Lipinski definition) is 3. The average Bonchev–Trinajstić information content (AvgIpc) is 3.13. The zero-order valence-corrected chi connectivity index (χ0v) is 16.1. The van der Waals surface area contributed by atoms with Crippen LogP contribution in [0, 0.1) is 11.2 Å². The van der Waals surface area contributed by atoms with E-state index in [-0.39, 0.29) is 23.2 Å². The summed E-state index contributed by atoms with van der Waals surface area (Å²) < 4.78 is 19.3. The molecule has 2 saturated carbocycles. The molecule has 144 valence electrons. The van der Waals surface area contributed by atoms with Crippen LogP contribution in [0.4, 0.5) is 4.39 Å². The van der Waals surface area contributed by atoms with E-state index in [0.717, 1.165) is 18.6 Å². The quantitative estimate of drug-likeness (QED) is 0.807. The van der Waals surface area contributed by atoms with Crippen molar-refractivity contribution in [3.63, 3.8) is 0 Å². The van der Waals surface area contributed by atoms with Crippen molar-refractivity contribution in [1.82, 2.24) is 10.2 Å². The Labute approximate surface area is 156 Å². The Balaban J connectivity index is 1.57. The van der Waals surface area contributed by atoms with E-state index in [1.807, 2.05) is 13.0 Å². The highest BCUT2D eigenvalue weighted by molar-refractivity contribution is 5.81. The number of halogens is 1. The summed E-state index contributed by atoms with van der Waals surface area (Å²) in [6.07, 6.45) is 6.21. The lowest BCUT2D eigenvalue weighted by molar-refractivity contribution is -0.143. The Hall–Kier alpha value is -1.46. The molecule has 0 aliphatic heterocycles. The summed E-state index contributed by atoms with van der Waals surface area (Å²) in [5.41, 5.74) is 1.02. The normalized spacial score (nSPS) is 25.1. The third kappa shape index (κ3) is 3.79. The smallest absolute Gasteiger partial charge is 0.239 e. The molecule has 0 radical (unpaired) electrons. The van der Waals surface area contributed by atoms with E-state index in [1.54, 1.807) is 18.0 Å². The van der Waals surface area contributed by atoms with Gasteiger partial charge in [0.25, 0.3) is 0 Å². The molecule has 1 N–H and O–H groups in total. The molecule has 0 aromatic heterocycles. The van der Waals surface area contributed by atoms with Crippen LogP contribution in [0.5, 0.6) is 0 Å². The van der Waals surface area contributed by atoms with Crippen LogP contribution in [-0.2, 0) is 16.1 Å². The molecule has 3 rings (SSSR count). The van der Waals surface area contributed by atoms with Crippen molar-refractivity contribution in [2.45, 2.75) is 70.7 Å². The molecule has 3 atom stereocenters. The molecule has 0 heterocycles. The lowest BCUT2D eigenvalue weighted by Crippen LogP contribution is -2.65. The maximum Gasteiger partial charge on any atom is 0.239 e. The Morgan fingerprint density at radius 3 is 2.81 bits per heavy atom. The fraction of sp³-hybridized carbons (Fsp3) is 0.667. The Kier molecular flexibility index (Phi) is 5.98. The highest BCUT2D eigenvalue weighted by Crippen LogP contribution is 2.54. The molecule has 0 unspecified atom stereocenters. The van der Waals surface area contributed by atoms with Crippen molar-refractivity contribution in [3.05, 3.63) is 35.6 Å².